The molecule has 1 amide bonds. The lowest BCUT2D eigenvalue weighted by atomic mass is 9.84. The Hall–Kier alpha value is -2.34. The lowest BCUT2D eigenvalue weighted by molar-refractivity contribution is -0.131. The maximum absolute atomic E-state index is 13.3. The van der Waals surface area contributed by atoms with Crippen LogP contribution in [0.25, 0.3) is 5.69 Å². The Balaban J connectivity index is 2.30. The monoisotopic (exact) mass is 475 g/mol. The van der Waals surface area contributed by atoms with Crippen molar-refractivity contribution in [1.29, 1.82) is 0 Å². The Kier molecular flexibility index (Phi) is 9.53. The average molecular weight is 476 g/mol. The Labute approximate surface area is 202 Å². The lowest BCUT2D eigenvalue weighted by Crippen LogP contribution is -2.38. The van der Waals surface area contributed by atoms with Gasteiger partial charge in [-0.1, -0.05) is 65.6 Å². The molecule has 2 aromatic rings. The number of ketones is 1. The Morgan fingerprint density at radius 2 is 1.88 bits per heavy atom. The zero-order chi connectivity index (χ0) is 24.8. The van der Waals surface area contributed by atoms with Crippen molar-refractivity contribution >= 4 is 23.3 Å². The molecule has 1 N–H and O–H groups in total. The molecular formula is C26H38ClN3O3. The zero-order valence-corrected chi connectivity index (χ0v) is 21.6. The van der Waals surface area contributed by atoms with Crippen LogP contribution in [-0.2, 0) is 11.2 Å². The highest BCUT2D eigenvalue weighted by Crippen LogP contribution is 2.26. The number of carbonyl (C=O) groups excluding carboxylic acids is 2. The van der Waals surface area contributed by atoms with Gasteiger partial charge in [0.15, 0.2) is 5.78 Å². The van der Waals surface area contributed by atoms with Crippen molar-refractivity contribution in [3.05, 3.63) is 50.9 Å². The summed E-state index contributed by atoms with van der Waals surface area (Å²) in [7, 11) is 0. The van der Waals surface area contributed by atoms with Crippen LogP contribution in [0.1, 0.15) is 83.3 Å². The summed E-state index contributed by atoms with van der Waals surface area (Å²) in [6.45, 7) is 12.9. The number of nitrogens with zero attached hydrogens (tertiary/aromatic N) is 2. The normalized spacial score (nSPS) is 12.6. The molecule has 0 aliphatic rings. The fourth-order valence-electron chi connectivity index (χ4n) is 4.36. The van der Waals surface area contributed by atoms with Gasteiger partial charge in [-0.2, -0.15) is 0 Å². The third-order valence-corrected chi connectivity index (χ3v) is 5.71. The van der Waals surface area contributed by atoms with Crippen LogP contribution in [0.5, 0.6) is 0 Å². The van der Waals surface area contributed by atoms with Crippen LogP contribution >= 0.6 is 11.6 Å². The molecule has 0 aliphatic heterocycles. The number of amides is 1. The summed E-state index contributed by atoms with van der Waals surface area (Å²) in [5.41, 5.74) is 1.03. The van der Waals surface area contributed by atoms with Crippen LogP contribution < -0.4 is 5.56 Å². The van der Waals surface area contributed by atoms with Crippen molar-refractivity contribution in [3.63, 3.8) is 0 Å². The van der Waals surface area contributed by atoms with Crippen molar-refractivity contribution in [2.75, 3.05) is 13.1 Å². The number of Topliss-reactive ketones (excluding diaryl/α,β-unsaturated/α-hetero) is 1. The number of aromatic nitrogens is 2. The number of hydrogen-bond acceptors (Lipinski definition) is 3. The van der Waals surface area contributed by atoms with Crippen LogP contribution in [0, 0.1) is 11.3 Å². The van der Waals surface area contributed by atoms with E-state index in [1.54, 1.807) is 29.2 Å². The number of H-pyrrole nitrogens is 1. The summed E-state index contributed by atoms with van der Waals surface area (Å²) in [5, 5.41) is 3.59. The van der Waals surface area contributed by atoms with Gasteiger partial charge >= 0.3 is 0 Å². The molecule has 1 aromatic heterocycles. The topological polar surface area (TPSA) is 75.2 Å². The predicted molar refractivity (Wildman–Crippen MR) is 134 cm³/mol. The first-order valence-corrected chi connectivity index (χ1v) is 12.2. The van der Waals surface area contributed by atoms with Gasteiger partial charge in [-0.05, 0) is 48.8 Å². The molecule has 2 rings (SSSR count). The second kappa shape index (κ2) is 11.7. The van der Waals surface area contributed by atoms with Gasteiger partial charge in [-0.25, -0.2) is 4.68 Å². The molecular weight excluding hydrogens is 438 g/mol. The molecule has 1 atom stereocenters. The van der Waals surface area contributed by atoms with Gasteiger partial charge in [0.25, 0.3) is 5.56 Å². The fourth-order valence-corrected chi connectivity index (χ4v) is 4.54. The molecule has 1 unspecified atom stereocenters. The highest BCUT2D eigenvalue weighted by molar-refractivity contribution is 6.30. The Morgan fingerprint density at radius 1 is 1.18 bits per heavy atom. The minimum atomic E-state index is -0.407. The van der Waals surface area contributed by atoms with Crippen molar-refractivity contribution in [2.45, 2.75) is 73.6 Å². The highest BCUT2D eigenvalue weighted by atomic mass is 35.5. The molecule has 0 radical (unpaired) electrons. The average Bonchev–Trinajstić information content (AvgIpc) is 3.02. The van der Waals surface area contributed by atoms with Crippen LogP contribution in [0.2, 0.25) is 5.02 Å². The maximum atomic E-state index is 13.3. The van der Waals surface area contributed by atoms with E-state index in [9.17, 15) is 14.4 Å². The van der Waals surface area contributed by atoms with E-state index in [-0.39, 0.29) is 35.1 Å². The predicted octanol–water partition coefficient (Wildman–Crippen LogP) is 5.66. The van der Waals surface area contributed by atoms with Gasteiger partial charge in [-0.3, -0.25) is 19.5 Å². The van der Waals surface area contributed by atoms with Gasteiger partial charge in [0.2, 0.25) is 5.91 Å². The Morgan fingerprint density at radius 3 is 2.45 bits per heavy atom. The van der Waals surface area contributed by atoms with Crippen molar-refractivity contribution in [2.24, 2.45) is 11.3 Å². The quantitative estimate of drug-likeness (QED) is 0.426. The first-order valence-electron chi connectivity index (χ1n) is 11.9. The first-order chi connectivity index (χ1) is 15.5. The zero-order valence-electron chi connectivity index (χ0n) is 20.8. The SMILES string of the molecule is CCCc1[nH]n(-c2cccc(Cl)c2)c(=O)c1C(=O)CN(CCC)C(=O)CC(C)CC(C)(C)C. The number of halogens is 1. The van der Waals surface area contributed by atoms with Crippen LogP contribution in [0.3, 0.4) is 0 Å². The molecule has 6 nitrogen and oxygen atoms in total. The summed E-state index contributed by atoms with van der Waals surface area (Å²) < 4.78 is 1.36. The number of carbonyl (C=O) groups is 2. The van der Waals surface area contributed by atoms with Crippen molar-refractivity contribution in [3.8, 4) is 5.69 Å². The van der Waals surface area contributed by atoms with Crippen molar-refractivity contribution < 1.29 is 9.59 Å². The van der Waals surface area contributed by atoms with E-state index in [1.807, 2.05) is 13.8 Å². The first kappa shape index (κ1) is 26.9. The summed E-state index contributed by atoms with van der Waals surface area (Å²) in [5.74, 6) is -0.148. The van der Waals surface area contributed by atoms with Gasteiger partial charge in [-0.15, -0.1) is 0 Å². The summed E-state index contributed by atoms with van der Waals surface area (Å²) in [6, 6.07) is 6.92. The maximum Gasteiger partial charge on any atom is 0.282 e. The molecule has 7 heteroatoms. The summed E-state index contributed by atoms with van der Waals surface area (Å²) >= 11 is 6.10. The number of rotatable bonds is 11. The van der Waals surface area contributed by atoms with Crippen LogP contribution in [-0.4, -0.2) is 39.5 Å². The molecule has 0 saturated heterocycles. The minimum Gasteiger partial charge on any atom is -0.335 e. The third kappa shape index (κ3) is 7.60. The molecule has 0 fully saturated rings. The molecule has 1 aromatic carbocycles. The van der Waals surface area contributed by atoms with E-state index in [2.05, 4.69) is 32.8 Å². The molecule has 33 heavy (non-hydrogen) atoms. The molecule has 1 heterocycles. The molecule has 0 bridgehead atoms. The number of benzene rings is 1. The second-order valence-electron chi connectivity index (χ2n) is 10.1. The number of hydrogen-bond donors (Lipinski definition) is 1. The van der Waals surface area contributed by atoms with Crippen molar-refractivity contribution in [1.82, 2.24) is 14.7 Å². The minimum absolute atomic E-state index is 0.0373. The van der Waals surface area contributed by atoms with Crippen LogP contribution in [0.4, 0.5) is 0 Å². The Bertz CT molecular complexity index is 1020. The van der Waals surface area contributed by atoms with E-state index in [0.717, 1.165) is 19.3 Å². The standard InChI is InChI=1S/C26H38ClN3O3/c1-7-10-21-24(25(33)30(28-21)20-12-9-11-19(27)15-20)22(31)17-29(13-8-2)23(32)14-18(3)16-26(4,5)6/h9,11-12,15,18,28H,7-8,10,13-14,16-17H2,1-6H3. The fraction of sp³-hybridized carbons (Fsp3) is 0.577. The summed E-state index contributed by atoms with van der Waals surface area (Å²) in [6.07, 6.45) is 3.40. The number of aryl methyl sites for hydroxylation is 1. The van der Waals surface area contributed by atoms with Crippen LogP contribution in [0.15, 0.2) is 29.1 Å². The molecule has 0 spiro atoms. The van der Waals surface area contributed by atoms with E-state index in [4.69, 9.17) is 11.6 Å². The van der Waals surface area contributed by atoms with Gasteiger partial charge in [0, 0.05) is 23.7 Å². The van der Waals surface area contributed by atoms with Gasteiger partial charge < -0.3 is 4.90 Å². The van der Waals surface area contributed by atoms with Gasteiger partial charge in [0.1, 0.15) is 5.56 Å². The van der Waals surface area contributed by atoms with E-state index < -0.39 is 5.56 Å². The third-order valence-electron chi connectivity index (χ3n) is 5.48. The highest BCUT2D eigenvalue weighted by Gasteiger charge is 2.26. The van der Waals surface area contributed by atoms with E-state index in [1.165, 1.54) is 4.68 Å². The molecule has 0 aliphatic carbocycles. The van der Waals surface area contributed by atoms with E-state index in [0.29, 0.717) is 35.8 Å². The smallest absolute Gasteiger partial charge is 0.282 e. The molecule has 0 saturated carbocycles. The number of nitrogens with one attached hydrogen (secondary N) is 1. The van der Waals surface area contributed by atoms with Gasteiger partial charge in [0.05, 0.1) is 12.2 Å². The summed E-state index contributed by atoms with van der Waals surface area (Å²) in [4.78, 5) is 41.2. The second-order valence-corrected chi connectivity index (χ2v) is 10.6. The lowest BCUT2D eigenvalue weighted by Gasteiger charge is -2.26. The molecule has 182 valence electrons. The largest absolute Gasteiger partial charge is 0.335 e. The van der Waals surface area contributed by atoms with E-state index >= 15 is 0 Å². The number of aromatic amines is 1.